The Morgan fingerprint density at radius 1 is 1.52 bits per heavy atom. The minimum Gasteiger partial charge on any atom is -0.480 e. The molecule has 1 atom stereocenters. The van der Waals surface area contributed by atoms with E-state index in [-0.39, 0.29) is 18.8 Å². The van der Waals surface area contributed by atoms with E-state index in [2.05, 4.69) is 15.7 Å². The molecule has 2 rings (SSSR count). The summed E-state index contributed by atoms with van der Waals surface area (Å²) >= 11 is 0. The van der Waals surface area contributed by atoms with Crippen LogP contribution in [-0.4, -0.2) is 56.2 Å². The molecular weight excluding hydrogens is 282 g/mol. The highest BCUT2D eigenvalue weighted by atomic mass is 16.4. The number of carboxylic acid groups (broad SMARTS) is 1. The summed E-state index contributed by atoms with van der Waals surface area (Å²) in [5.41, 5.74) is 0.270. The highest BCUT2D eigenvalue weighted by molar-refractivity contribution is 6.05. The van der Waals surface area contributed by atoms with Gasteiger partial charge in [-0.15, -0.1) is 0 Å². The number of rotatable bonds is 3. The summed E-state index contributed by atoms with van der Waals surface area (Å²) in [5, 5.41) is 17.0. The van der Waals surface area contributed by atoms with Crippen molar-refractivity contribution in [3.05, 3.63) is 12.4 Å². The fraction of sp³-hybridized carbons (Fsp3) is 0.364. The lowest BCUT2D eigenvalue weighted by molar-refractivity contribution is -0.139. The van der Waals surface area contributed by atoms with Gasteiger partial charge in [-0.05, 0) is 6.92 Å². The van der Waals surface area contributed by atoms with E-state index in [0.29, 0.717) is 0 Å². The maximum Gasteiger partial charge on any atom is 0.325 e. The van der Waals surface area contributed by atoms with Crippen LogP contribution in [0.3, 0.4) is 0 Å². The van der Waals surface area contributed by atoms with Crippen molar-refractivity contribution in [2.45, 2.75) is 19.5 Å². The number of carboxylic acids is 1. The Morgan fingerprint density at radius 2 is 2.24 bits per heavy atom. The molecule has 1 saturated heterocycles. The summed E-state index contributed by atoms with van der Waals surface area (Å²) in [6, 6.07) is -1.42. The molecule has 0 saturated carbocycles. The number of hydrogen-bond donors (Lipinski definition) is 3. The van der Waals surface area contributed by atoms with Crippen LogP contribution >= 0.6 is 0 Å². The molecule has 0 aliphatic carbocycles. The van der Waals surface area contributed by atoms with Gasteiger partial charge in [0.2, 0.25) is 11.8 Å². The Balaban J connectivity index is 2.03. The third-order valence-electron chi connectivity index (χ3n) is 2.87. The quantitative estimate of drug-likeness (QED) is 0.603. The molecule has 0 radical (unpaired) electrons. The largest absolute Gasteiger partial charge is 0.480 e. The van der Waals surface area contributed by atoms with Gasteiger partial charge in [-0.2, -0.15) is 5.10 Å². The van der Waals surface area contributed by atoms with E-state index in [0.717, 1.165) is 9.58 Å². The second-order valence-electron chi connectivity index (χ2n) is 4.47. The van der Waals surface area contributed by atoms with Crippen LogP contribution in [0.15, 0.2) is 12.4 Å². The van der Waals surface area contributed by atoms with Crippen molar-refractivity contribution in [2.24, 2.45) is 0 Å². The lowest BCUT2D eigenvalue weighted by Crippen LogP contribution is -2.59. The lowest BCUT2D eigenvalue weighted by atomic mass is 10.2. The van der Waals surface area contributed by atoms with Gasteiger partial charge < -0.3 is 15.3 Å². The average molecular weight is 295 g/mol. The van der Waals surface area contributed by atoms with Crippen LogP contribution in [-0.2, 0) is 20.9 Å². The second-order valence-corrected chi connectivity index (χ2v) is 4.47. The molecule has 21 heavy (non-hydrogen) atoms. The topological polar surface area (TPSA) is 134 Å². The van der Waals surface area contributed by atoms with Gasteiger partial charge in [-0.3, -0.25) is 24.4 Å². The maximum atomic E-state index is 12.0. The number of aliphatic carboxylic acids is 1. The number of piperazine rings is 1. The summed E-state index contributed by atoms with van der Waals surface area (Å²) in [7, 11) is 0. The zero-order valence-corrected chi connectivity index (χ0v) is 11.1. The summed E-state index contributed by atoms with van der Waals surface area (Å²) in [6.45, 7) is 0.925. The Bertz CT molecular complexity index is 610. The molecular formula is C11H13N5O5. The molecule has 0 aromatic carbocycles. The van der Waals surface area contributed by atoms with Crippen molar-refractivity contribution in [3.8, 4) is 0 Å². The zero-order valence-electron chi connectivity index (χ0n) is 11.1. The first-order chi connectivity index (χ1) is 9.86. The molecule has 4 amide bonds. The van der Waals surface area contributed by atoms with E-state index < -0.39 is 29.9 Å². The van der Waals surface area contributed by atoms with Crippen molar-refractivity contribution >= 4 is 29.5 Å². The van der Waals surface area contributed by atoms with Crippen molar-refractivity contribution in [3.63, 3.8) is 0 Å². The third kappa shape index (κ3) is 3.35. The summed E-state index contributed by atoms with van der Waals surface area (Å²) in [5.74, 6) is -2.18. The summed E-state index contributed by atoms with van der Waals surface area (Å²) in [6.07, 6.45) is 2.61. The number of anilines is 1. The lowest BCUT2D eigenvalue weighted by Gasteiger charge is -2.31. The van der Waals surface area contributed by atoms with E-state index in [9.17, 15) is 19.2 Å². The van der Waals surface area contributed by atoms with Gasteiger partial charge in [0.25, 0.3) is 0 Å². The van der Waals surface area contributed by atoms with Gasteiger partial charge in [0, 0.05) is 6.20 Å². The van der Waals surface area contributed by atoms with E-state index >= 15 is 0 Å². The van der Waals surface area contributed by atoms with E-state index in [1.54, 1.807) is 0 Å². The van der Waals surface area contributed by atoms with Crippen molar-refractivity contribution in [1.29, 1.82) is 0 Å². The highest BCUT2D eigenvalue weighted by Crippen LogP contribution is 2.10. The van der Waals surface area contributed by atoms with Crippen molar-refractivity contribution in [2.75, 3.05) is 11.9 Å². The van der Waals surface area contributed by atoms with E-state index in [1.165, 1.54) is 19.3 Å². The SMILES string of the molecule is CC1C(=O)NC(=O)CN1C(=O)Nc1cnn(CC(=O)O)c1. The van der Waals surface area contributed by atoms with Crippen molar-refractivity contribution in [1.82, 2.24) is 20.0 Å². The number of aromatic nitrogens is 2. The molecule has 1 aliphatic heterocycles. The van der Waals surface area contributed by atoms with Gasteiger partial charge in [-0.25, -0.2) is 4.79 Å². The second kappa shape index (κ2) is 5.61. The molecule has 1 aromatic heterocycles. The summed E-state index contributed by atoms with van der Waals surface area (Å²) < 4.78 is 1.13. The fourth-order valence-electron chi connectivity index (χ4n) is 1.81. The van der Waals surface area contributed by atoms with Gasteiger partial charge in [-0.1, -0.05) is 0 Å². The number of carbonyl (C=O) groups is 4. The van der Waals surface area contributed by atoms with Crippen molar-refractivity contribution < 1.29 is 24.3 Å². The van der Waals surface area contributed by atoms with Crippen LogP contribution in [0.1, 0.15) is 6.92 Å². The normalized spacial score (nSPS) is 18.3. The molecule has 1 aliphatic rings. The molecule has 1 aromatic rings. The third-order valence-corrected chi connectivity index (χ3v) is 2.87. The Kier molecular flexibility index (Phi) is 3.87. The number of nitrogens with one attached hydrogen (secondary N) is 2. The zero-order chi connectivity index (χ0) is 15.6. The minimum atomic E-state index is -1.07. The number of urea groups is 1. The van der Waals surface area contributed by atoms with E-state index in [4.69, 9.17) is 5.11 Å². The molecule has 10 heteroatoms. The molecule has 10 nitrogen and oxygen atoms in total. The fourth-order valence-corrected chi connectivity index (χ4v) is 1.81. The highest BCUT2D eigenvalue weighted by Gasteiger charge is 2.33. The van der Waals surface area contributed by atoms with Crippen LogP contribution in [0.4, 0.5) is 10.5 Å². The molecule has 112 valence electrons. The standard InChI is InChI=1S/C11H13N5O5/c1-6-10(20)14-8(17)4-16(6)11(21)13-7-2-12-15(3-7)5-9(18)19/h2-3,6H,4-5H2,1H3,(H,13,21)(H,18,19)(H,14,17,20). The molecule has 0 spiro atoms. The van der Waals surface area contributed by atoms with Crippen LogP contribution in [0.25, 0.3) is 0 Å². The number of hydrogen-bond acceptors (Lipinski definition) is 5. The predicted molar refractivity (Wildman–Crippen MR) is 68.2 cm³/mol. The molecule has 1 fully saturated rings. The first-order valence-electron chi connectivity index (χ1n) is 6.02. The van der Waals surface area contributed by atoms with Crippen LogP contribution in [0.5, 0.6) is 0 Å². The van der Waals surface area contributed by atoms with Gasteiger partial charge in [0.05, 0.1) is 11.9 Å². The maximum absolute atomic E-state index is 12.0. The van der Waals surface area contributed by atoms with E-state index in [1.807, 2.05) is 0 Å². The number of carbonyl (C=O) groups excluding carboxylic acids is 3. The van der Waals surface area contributed by atoms with Crippen LogP contribution in [0.2, 0.25) is 0 Å². The van der Waals surface area contributed by atoms with Crippen LogP contribution in [0, 0.1) is 0 Å². The Labute approximate surface area is 118 Å². The van der Waals surface area contributed by atoms with Gasteiger partial charge in [0.15, 0.2) is 0 Å². The Morgan fingerprint density at radius 3 is 2.90 bits per heavy atom. The average Bonchev–Trinajstić information content (AvgIpc) is 2.80. The van der Waals surface area contributed by atoms with Crippen LogP contribution < -0.4 is 10.6 Å². The summed E-state index contributed by atoms with van der Waals surface area (Å²) in [4.78, 5) is 46.4. The van der Waals surface area contributed by atoms with Gasteiger partial charge >= 0.3 is 12.0 Å². The monoisotopic (exact) mass is 295 g/mol. The smallest absolute Gasteiger partial charge is 0.325 e. The minimum absolute atomic E-state index is 0.234. The first-order valence-corrected chi connectivity index (χ1v) is 6.02. The first kappa shape index (κ1) is 14.5. The molecule has 1 unspecified atom stereocenters. The number of amides is 4. The molecule has 0 bridgehead atoms. The molecule has 3 N–H and O–H groups in total. The molecule has 2 heterocycles. The number of nitrogens with zero attached hydrogens (tertiary/aromatic N) is 3. The Hall–Kier alpha value is -2.91. The predicted octanol–water partition coefficient (Wildman–Crippen LogP) is -1.15. The van der Waals surface area contributed by atoms with Gasteiger partial charge in [0.1, 0.15) is 19.1 Å². The number of imide groups is 1.